The third kappa shape index (κ3) is 3.07. The zero-order valence-corrected chi connectivity index (χ0v) is 9.87. The SMILES string of the molecule is COc1ccc(Br)cc1C(=O)CCC#N. The highest BCUT2D eigenvalue weighted by Gasteiger charge is 2.11. The molecular formula is C11H10BrNO2. The Kier molecular flexibility index (Phi) is 4.32. The van der Waals surface area contributed by atoms with Crippen LogP contribution in [0, 0.1) is 11.3 Å². The summed E-state index contributed by atoms with van der Waals surface area (Å²) in [4.78, 5) is 11.7. The number of methoxy groups -OCH3 is 1. The molecule has 0 aliphatic rings. The maximum Gasteiger partial charge on any atom is 0.167 e. The number of rotatable bonds is 4. The van der Waals surface area contributed by atoms with Gasteiger partial charge in [0.05, 0.1) is 18.7 Å². The lowest BCUT2D eigenvalue weighted by Gasteiger charge is -2.06. The maximum atomic E-state index is 11.7. The number of hydrogen-bond acceptors (Lipinski definition) is 3. The summed E-state index contributed by atoms with van der Waals surface area (Å²) in [5.74, 6) is 0.468. The minimum absolute atomic E-state index is 0.0744. The summed E-state index contributed by atoms with van der Waals surface area (Å²) in [6, 6.07) is 7.19. The van der Waals surface area contributed by atoms with E-state index < -0.39 is 0 Å². The normalized spacial score (nSPS) is 9.40. The van der Waals surface area contributed by atoms with Crippen LogP contribution in [-0.4, -0.2) is 12.9 Å². The molecular weight excluding hydrogens is 258 g/mol. The quantitative estimate of drug-likeness (QED) is 0.789. The topological polar surface area (TPSA) is 50.1 Å². The number of nitriles is 1. The van der Waals surface area contributed by atoms with Gasteiger partial charge in [-0.05, 0) is 18.2 Å². The molecule has 4 heteroatoms. The van der Waals surface area contributed by atoms with Crippen molar-refractivity contribution in [3.8, 4) is 11.8 Å². The van der Waals surface area contributed by atoms with E-state index in [0.717, 1.165) is 4.47 Å². The first-order chi connectivity index (χ1) is 7.19. The van der Waals surface area contributed by atoms with Crippen LogP contribution in [0.2, 0.25) is 0 Å². The van der Waals surface area contributed by atoms with Gasteiger partial charge in [-0.1, -0.05) is 15.9 Å². The zero-order valence-electron chi connectivity index (χ0n) is 8.29. The van der Waals surface area contributed by atoms with E-state index >= 15 is 0 Å². The predicted octanol–water partition coefficient (Wildman–Crippen LogP) is 2.94. The van der Waals surface area contributed by atoms with Gasteiger partial charge in [0.15, 0.2) is 5.78 Å². The summed E-state index contributed by atoms with van der Waals surface area (Å²) >= 11 is 3.29. The van der Waals surface area contributed by atoms with Crippen molar-refractivity contribution in [1.82, 2.24) is 0 Å². The van der Waals surface area contributed by atoms with Crippen LogP contribution in [0.4, 0.5) is 0 Å². The Morgan fingerprint density at radius 3 is 2.93 bits per heavy atom. The van der Waals surface area contributed by atoms with Crippen LogP contribution >= 0.6 is 15.9 Å². The monoisotopic (exact) mass is 267 g/mol. The molecule has 1 aromatic carbocycles. The highest BCUT2D eigenvalue weighted by atomic mass is 79.9. The van der Waals surface area contributed by atoms with Crippen molar-refractivity contribution in [3.63, 3.8) is 0 Å². The number of benzene rings is 1. The van der Waals surface area contributed by atoms with Crippen LogP contribution in [0.1, 0.15) is 23.2 Å². The van der Waals surface area contributed by atoms with E-state index in [1.807, 2.05) is 6.07 Å². The van der Waals surface area contributed by atoms with Crippen molar-refractivity contribution in [2.45, 2.75) is 12.8 Å². The number of hydrogen-bond donors (Lipinski definition) is 0. The fourth-order valence-corrected chi connectivity index (χ4v) is 1.56. The molecule has 78 valence electrons. The largest absolute Gasteiger partial charge is 0.496 e. The molecule has 15 heavy (non-hydrogen) atoms. The third-order valence-corrected chi connectivity index (χ3v) is 2.42. The minimum Gasteiger partial charge on any atom is -0.496 e. The van der Waals surface area contributed by atoms with E-state index in [4.69, 9.17) is 10.00 Å². The maximum absolute atomic E-state index is 11.7. The van der Waals surface area contributed by atoms with Crippen LogP contribution in [0.15, 0.2) is 22.7 Å². The minimum atomic E-state index is -0.0744. The van der Waals surface area contributed by atoms with Crippen LogP contribution < -0.4 is 4.74 Å². The highest BCUT2D eigenvalue weighted by molar-refractivity contribution is 9.10. The summed E-state index contributed by atoms with van der Waals surface area (Å²) in [5.41, 5.74) is 0.516. The molecule has 0 saturated heterocycles. The summed E-state index contributed by atoms with van der Waals surface area (Å²) in [7, 11) is 1.52. The second kappa shape index (κ2) is 5.52. The van der Waals surface area contributed by atoms with Gasteiger partial charge >= 0.3 is 0 Å². The van der Waals surface area contributed by atoms with Crippen LogP contribution in [0.5, 0.6) is 5.75 Å². The first kappa shape index (κ1) is 11.7. The molecule has 0 aliphatic heterocycles. The molecule has 0 spiro atoms. The summed E-state index contributed by atoms with van der Waals surface area (Å²) < 4.78 is 5.90. The zero-order chi connectivity index (χ0) is 11.3. The summed E-state index contributed by atoms with van der Waals surface area (Å²) in [6.07, 6.45) is 0.456. The lowest BCUT2D eigenvalue weighted by molar-refractivity contribution is 0.0981. The summed E-state index contributed by atoms with van der Waals surface area (Å²) in [6.45, 7) is 0. The van der Waals surface area contributed by atoms with Crippen molar-refractivity contribution < 1.29 is 9.53 Å². The highest BCUT2D eigenvalue weighted by Crippen LogP contribution is 2.24. The average molecular weight is 268 g/mol. The first-order valence-electron chi connectivity index (χ1n) is 4.42. The van der Waals surface area contributed by atoms with Crippen molar-refractivity contribution in [2.75, 3.05) is 7.11 Å². The van der Waals surface area contributed by atoms with Crippen molar-refractivity contribution in [3.05, 3.63) is 28.2 Å². The summed E-state index contributed by atoms with van der Waals surface area (Å²) in [5, 5.41) is 8.40. The van der Waals surface area contributed by atoms with E-state index in [9.17, 15) is 4.79 Å². The molecule has 0 aromatic heterocycles. The van der Waals surface area contributed by atoms with Crippen molar-refractivity contribution in [2.24, 2.45) is 0 Å². The molecule has 0 unspecified atom stereocenters. The standard InChI is InChI=1S/C11H10BrNO2/c1-15-11-5-4-8(12)7-9(11)10(14)3-2-6-13/h4-5,7H,2-3H2,1H3. The Morgan fingerprint density at radius 2 is 2.33 bits per heavy atom. The van der Waals surface area contributed by atoms with Gasteiger partial charge in [0.2, 0.25) is 0 Å². The fraction of sp³-hybridized carbons (Fsp3) is 0.273. The fourth-order valence-electron chi connectivity index (χ4n) is 1.20. The van der Waals surface area contributed by atoms with Crippen LogP contribution in [0.3, 0.4) is 0 Å². The molecule has 0 saturated carbocycles. The van der Waals surface area contributed by atoms with Gasteiger partial charge in [-0.25, -0.2) is 0 Å². The molecule has 1 aromatic rings. The second-order valence-electron chi connectivity index (χ2n) is 2.93. The number of halogens is 1. The Hall–Kier alpha value is -1.34. The van der Waals surface area contributed by atoms with Gasteiger partial charge in [-0.3, -0.25) is 4.79 Å². The number of carbonyl (C=O) groups is 1. The molecule has 1 rings (SSSR count). The van der Waals surface area contributed by atoms with Crippen molar-refractivity contribution in [1.29, 1.82) is 5.26 Å². The molecule has 0 aliphatic carbocycles. The molecule has 0 atom stereocenters. The lowest BCUT2D eigenvalue weighted by Crippen LogP contribution is -2.01. The van der Waals surface area contributed by atoms with Gasteiger partial charge < -0.3 is 4.74 Å². The van der Waals surface area contributed by atoms with E-state index in [-0.39, 0.29) is 18.6 Å². The van der Waals surface area contributed by atoms with E-state index in [0.29, 0.717) is 11.3 Å². The van der Waals surface area contributed by atoms with Crippen molar-refractivity contribution >= 4 is 21.7 Å². The Labute approximate surface area is 96.8 Å². The molecule has 0 radical (unpaired) electrons. The van der Waals surface area contributed by atoms with Gasteiger partial charge in [-0.2, -0.15) is 5.26 Å². The second-order valence-corrected chi connectivity index (χ2v) is 3.84. The molecule has 0 bridgehead atoms. The molecule has 0 N–H and O–H groups in total. The number of ketones is 1. The average Bonchev–Trinajstić information content (AvgIpc) is 2.25. The van der Waals surface area contributed by atoms with E-state index in [1.165, 1.54) is 7.11 Å². The predicted molar refractivity (Wildman–Crippen MR) is 59.9 cm³/mol. The molecule has 3 nitrogen and oxygen atoms in total. The van der Waals surface area contributed by atoms with E-state index in [2.05, 4.69) is 15.9 Å². The van der Waals surface area contributed by atoms with Gasteiger partial charge in [0.25, 0.3) is 0 Å². The smallest absolute Gasteiger partial charge is 0.167 e. The van der Waals surface area contributed by atoms with Gasteiger partial charge in [0, 0.05) is 17.3 Å². The first-order valence-corrected chi connectivity index (χ1v) is 5.22. The van der Waals surface area contributed by atoms with Crippen LogP contribution in [-0.2, 0) is 0 Å². The number of carbonyl (C=O) groups excluding carboxylic acids is 1. The third-order valence-electron chi connectivity index (χ3n) is 1.93. The van der Waals surface area contributed by atoms with Crippen LogP contribution in [0.25, 0.3) is 0 Å². The molecule has 0 amide bonds. The van der Waals surface area contributed by atoms with Gasteiger partial charge in [-0.15, -0.1) is 0 Å². The number of Topliss-reactive ketones (excluding diaryl/α,β-unsaturated/α-hetero) is 1. The molecule has 0 heterocycles. The van der Waals surface area contributed by atoms with E-state index in [1.54, 1.807) is 18.2 Å². The number of nitrogens with zero attached hydrogens (tertiary/aromatic N) is 1. The van der Waals surface area contributed by atoms with Gasteiger partial charge in [0.1, 0.15) is 5.75 Å². The Morgan fingerprint density at radius 1 is 1.60 bits per heavy atom. The Balaban J connectivity index is 2.96. The Bertz CT molecular complexity index is 410. The molecule has 0 fully saturated rings. The number of ether oxygens (including phenoxy) is 1. The lowest BCUT2D eigenvalue weighted by atomic mass is 10.1.